The molecule has 3 aliphatic rings. The molecule has 0 atom stereocenters. The van der Waals surface area contributed by atoms with Crippen LogP contribution in [0.25, 0.3) is 0 Å². The molecule has 0 amide bonds. The fourth-order valence-electron chi connectivity index (χ4n) is 1.77. The molecule has 1 heterocycles. The first kappa shape index (κ1) is 5.19. The quantitative estimate of drug-likeness (QED) is 0.539. The van der Waals surface area contributed by atoms with Gasteiger partial charge in [-0.25, -0.2) is 0 Å². The second-order valence-corrected chi connectivity index (χ2v) is 3.76. The van der Waals surface area contributed by atoms with Crippen molar-refractivity contribution in [3.8, 4) is 0 Å². The smallest absolute Gasteiger partial charge is 0.108 e. The van der Waals surface area contributed by atoms with E-state index in [0.717, 1.165) is 18.5 Å². The van der Waals surface area contributed by atoms with Crippen molar-refractivity contribution in [1.82, 2.24) is 0 Å². The van der Waals surface area contributed by atoms with Crippen molar-refractivity contribution in [1.29, 1.82) is 0 Å². The normalized spacial score (nSPS) is 36.6. The molecule has 2 saturated carbocycles. The summed E-state index contributed by atoms with van der Waals surface area (Å²) in [5.41, 5.74) is 7.00. The molecule has 3 rings (SSSR count). The second-order valence-electron chi connectivity index (χ2n) is 3.76. The van der Waals surface area contributed by atoms with Gasteiger partial charge in [0.05, 0.1) is 5.60 Å². The fourth-order valence-corrected chi connectivity index (χ4v) is 1.77. The number of nitrogens with two attached hydrogens (primary N) is 1. The minimum atomic E-state index is 0.0382. The van der Waals surface area contributed by atoms with E-state index >= 15 is 0 Å². The van der Waals surface area contributed by atoms with E-state index in [2.05, 4.69) is 6.08 Å². The van der Waals surface area contributed by atoms with Crippen molar-refractivity contribution in [2.75, 3.05) is 0 Å². The molecule has 2 nitrogen and oxygen atoms in total. The lowest BCUT2D eigenvalue weighted by atomic mass is 10.2. The van der Waals surface area contributed by atoms with Crippen LogP contribution in [-0.2, 0) is 4.74 Å². The summed E-state index contributed by atoms with van der Waals surface area (Å²) in [6.07, 6.45) is 6.82. The van der Waals surface area contributed by atoms with Crippen molar-refractivity contribution in [2.45, 2.75) is 36.9 Å². The predicted molar refractivity (Wildman–Crippen MR) is 37.3 cm³/mol. The van der Waals surface area contributed by atoms with Crippen LogP contribution in [0.4, 0.5) is 0 Å². The van der Waals surface area contributed by atoms with Gasteiger partial charge in [-0.1, -0.05) is 0 Å². The molecule has 0 bridgehead atoms. The van der Waals surface area contributed by atoms with Gasteiger partial charge in [-0.3, -0.25) is 0 Å². The summed E-state index contributed by atoms with van der Waals surface area (Å²) < 4.78 is 5.85. The van der Waals surface area contributed by atoms with Gasteiger partial charge in [0, 0.05) is 5.70 Å². The van der Waals surface area contributed by atoms with E-state index in [1.165, 1.54) is 12.8 Å². The SMILES string of the molecule is NC1=CC2(CC2)OC12CC2. The maximum Gasteiger partial charge on any atom is 0.108 e. The minimum Gasteiger partial charge on any atom is -0.400 e. The highest BCUT2D eigenvalue weighted by atomic mass is 16.5. The maximum absolute atomic E-state index is 5.85. The Kier molecular flexibility index (Phi) is 0.590. The highest BCUT2D eigenvalue weighted by molar-refractivity contribution is 5.35. The highest BCUT2D eigenvalue weighted by Crippen LogP contribution is 2.59. The van der Waals surface area contributed by atoms with Gasteiger partial charge in [-0.05, 0) is 31.8 Å². The Hall–Kier alpha value is -0.500. The second kappa shape index (κ2) is 1.14. The minimum absolute atomic E-state index is 0.0382. The molecule has 0 saturated heterocycles. The first-order valence-electron chi connectivity index (χ1n) is 3.94. The molecule has 0 aromatic heterocycles. The average molecular weight is 137 g/mol. The first-order valence-corrected chi connectivity index (χ1v) is 3.94. The zero-order valence-electron chi connectivity index (χ0n) is 5.89. The first-order chi connectivity index (χ1) is 4.75. The van der Waals surface area contributed by atoms with Crippen LogP contribution in [0.3, 0.4) is 0 Å². The largest absolute Gasteiger partial charge is 0.400 e. The molecule has 54 valence electrons. The van der Waals surface area contributed by atoms with Crippen molar-refractivity contribution in [3.05, 3.63) is 11.8 Å². The third-order valence-corrected chi connectivity index (χ3v) is 2.79. The Morgan fingerprint density at radius 2 is 2.00 bits per heavy atom. The van der Waals surface area contributed by atoms with Gasteiger partial charge in [0.2, 0.25) is 0 Å². The van der Waals surface area contributed by atoms with Gasteiger partial charge in [0.25, 0.3) is 0 Å². The number of rotatable bonds is 0. The summed E-state index contributed by atoms with van der Waals surface area (Å²) in [5, 5.41) is 0. The van der Waals surface area contributed by atoms with E-state index in [0.29, 0.717) is 0 Å². The Morgan fingerprint density at radius 1 is 1.30 bits per heavy atom. The summed E-state index contributed by atoms with van der Waals surface area (Å²) in [5.74, 6) is 0. The summed E-state index contributed by atoms with van der Waals surface area (Å²) >= 11 is 0. The molecule has 2 N–H and O–H groups in total. The van der Waals surface area contributed by atoms with Crippen LogP contribution in [0, 0.1) is 0 Å². The Morgan fingerprint density at radius 3 is 2.30 bits per heavy atom. The summed E-state index contributed by atoms with van der Waals surface area (Å²) in [6, 6.07) is 0. The maximum atomic E-state index is 5.85. The zero-order valence-corrected chi connectivity index (χ0v) is 5.89. The average Bonchev–Trinajstić information content (AvgIpc) is 2.69. The Balaban J connectivity index is 2.01. The van der Waals surface area contributed by atoms with Crippen LogP contribution in [0.15, 0.2) is 11.8 Å². The van der Waals surface area contributed by atoms with E-state index in [1.54, 1.807) is 0 Å². The van der Waals surface area contributed by atoms with E-state index in [9.17, 15) is 0 Å². The van der Waals surface area contributed by atoms with Crippen LogP contribution < -0.4 is 5.73 Å². The molecule has 0 aromatic rings. The lowest BCUT2D eigenvalue weighted by Crippen LogP contribution is -2.19. The van der Waals surface area contributed by atoms with E-state index in [4.69, 9.17) is 10.5 Å². The lowest BCUT2D eigenvalue weighted by Gasteiger charge is -2.11. The molecule has 2 heteroatoms. The third kappa shape index (κ3) is 0.451. The molecule has 0 aromatic carbocycles. The lowest BCUT2D eigenvalue weighted by molar-refractivity contribution is 0.0230. The fraction of sp³-hybridized carbons (Fsp3) is 0.750. The van der Waals surface area contributed by atoms with Crippen molar-refractivity contribution < 1.29 is 4.74 Å². The van der Waals surface area contributed by atoms with E-state index in [1.807, 2.05) is 0 Å². The van der Waals surface area contributed by atoms with E-state index < -0.39 is 0 Å². The monoisotopic (exact) mass is 137 g/mol. The molecule has 10 heavy (non-hydrogen) atoms. The van der Waals surface area contributed by atoms with Gasteiger partial charge in [0.1, 0.15) is 5.60 Å². The molecule has 0 radical (unpaired) electrons. The van der Waals surface area contributed by atoms with Crippen molar-refractivity contribution in [2.24, 2.45) is 5.73 Å². The third-order valence-electron chi connectivity index (χ3n) is 2.79. The van der Waals surface area contributed by atoms with E-state index in [-0.39, 0.29) is 11.2 Å². The molecule has 0 unspecified atom stereocenters. The van der Waals surface area contributed by atoms with Crippen LogP contribution in [0.1, 0.15) is 25.7 Å². The van der Waals surface area contributed by atoms with Crippen molar-refractivity contribution in [3.63, 3.8) is 0 Å². The van der Waals surface area contributed by atoms with Gasteiger partial charge >= 0.3 is 0 Å². The van der Waals surface area contributed by atoms with Gasteiger partial charge < -0.3 is 10.5 Å². The summed E-state index contributed by atoms with van der Waals surface area (Å²) in [6.45, 7) is 0. The van der Waals surface area contributed by atoms with Crippen LogP contribution in [0.5, 0.6) is 0 Å². The standard InChI is InChI=1S/C8H11NO/c9-6-5-7(1-2-7)10-8(6)3-4-8/h5H,1-4,9H2. The van der Waals surface area contributed by atoms with Gasteiger partial charge in [-0.15, -0.1) is 0 Å². The molecule has 1 aliphatic heterocycles. The molecule has 2 aliphatic carbocycles. The molecule has 2 fully saturated rings. The van der Waals surface area contributed by atoms with Crippen LogP contribution >= 0.6 is 0 Å². The zero-order chi connectivity index (χ0) is 6.82. The Labute approximate surface area is 60.0 Å². The topological polar surface area (TPSA) is 35.2 Å². The molecular formula is C8H11NO. The highest BCUT2D eigenvalue weighted by Gasteiger charge is 2.61. The number of hydrogen-bond acceptors (Lipinski definition) is 2. The molecule has 2 spiro atoms. The summed E-state index contributed by atoms with van der Waals surface area (Å²) in [7, 11) is 0. The van der Waals surface area contributed by atoms with Gasteiger partial charge in [-0.2, -0.15) is 0 Å². The van der Waals surface area contributed by atoms with Crippen LogP contribution in [-0.4, -0.2) is 11.2 Å². The number of ether oxygens (including phenoxy) is 1. The summed E-state index contributed by atoms with van der Waals surface area (Å²) in [4.78, 5) is 0. The number of hydrogen-bond donors (Lipinski definition) is 1. The van der Waals surface area contributed by atoms with Crippen molar-refractivity contribution >= 4 is 0 Å². The Bertz CT molecular complexity index is 223. The molecular weight excluding hydrogens is 126 g/mol. The predicted octanol–water partition coefficient (Wildman–Crippen LogP) is 0.924. The van der Waals surface area contributed by atoms with Crippen LogP contribution in [0.2, 0.25) is 0 Å². The van der Waals surface area contributed by atoms with Gasteiger partial charge in [0.15, 0.2) is 0 Å².